The van der Waals surface area contributed by atoms with E-state index in [1.54, 1.807) is 6.92 Å². The minimum Gasteiger partial charge on any atom is -0.481 e. The van der Waals surface area contributed by atoms with Crippen LogP contribution in [0.5, 0.6) is 5.75 Å². The number of nitrogens with one attached hydrogen (secondary N) is 1. The van der Waals surface area contributed by atoms with E-state index in [-0.39, 0.29) is 5.91 Å². The Morgan fingerprint density at radius 2 is 1.52 bits per heavy atom. The van der Waals surface area contributed by atoms with E-state index in [1.165, 1.54) is 5.56 Å². The zero-order chi connectivity index (χ0) is 17.1. The number of carbonyl (C=O) groups excluding carboxylic acids is 1. The number of hydrogen-bond acceptors (Lipinski definition) is 2. The Labute approximate surface area is 138 Å². The first-order valence-electron chi connectivity index (χ1n) is 7.90. The second-order valence-electron chi connectivity index (χ2n) is 6.29. The number of hydrogen-bond donors (Lipinski definition) is 1. The van der Waals surface area contributed by atoms with Gasteiger partial charge in [-0.05, 0) is 69.9 Å². The van der Waals surface area contributed by atoms with Crippen LogP contribution in [0.25, 0.3) is 0 Å². The van der Waals surface area contributed by atoms with Crippen molar-refractivity contribution in [3.8, 4) is 5.75 Å². The summed E-state index contributed by atoms with van der Waals surface area (Å²) < 4.78 is 5.85. The largest absolute Gasteiger partial charge is 0.481 e. The van der Waals surface area contributed by atoms with Crippen molar-refractivity contribution < 1.29 is 9.53 Å². The molecule has 0 aromatic heterocycles. The monoisotopic (exact) mass is 311 g/mol. The number of rotatable bonds is 4. The molecule has 3 nitrogen and oxygen atoms in total. The van der Waals surface area contributed by atoms with Crippen LogP contribution in [0.15, 0.2) is 30.3 Å². The van der Waals surface area contributed by atoms with Crippen LogP contribution in [0.1, 0.15) is 34.7 Å². The van der Waals surface area contributed by atoms with Gasteiger partial charge in [0.2, 0.25) is 0 Å². The van der Waals surface area contributed by atoms with E-state index in [1.807, 2.05) is 45.9 Å². The molecule has 0 aliphatic carbocycles. The highest BCUT2D eigenvalue weighted by molar-refractivity contribution is 5.95. The van der Waals surface area contributed by atoms with Gasteiger partial charge in [-0.15, -0.1) is 0 Å². The molecule has 23 heavy (non-hydrogen) atoms. The van der Waals surface area contributed by atoms with E-state index in [0.717, 1.165) is 33.7 Å². The highest BCUT2D eigenvalue weighted by atomic mass is 16.5. The molecule has 0 unspecified atom stereocenters. The van der Waals surface area contributed by atoms with Crippen molar-refractivity contribution >= 4 is 11.6 Å². The fourth-order valence-electron chi connectivity index (χ4n) is 2.68. The second kappa shape index (κ2) is 6.86. The van der Waals surface area contributed by atoms with Crippen LogP contribution < -0.4 is 10.1 Å². The molecule has 2 aromatic carbocycles. The molecule has 2 aromatic rings. The summed E-state index contributed by atoms with van der Waals surface area (Å²) in [7, 11) is 0. The Balaban J connectivity index is 2.13. The van der Waals surface area contributed by atoms with Gasteiger partial charge in [0.1, 0.15) is 5.75 Å². The molecule has 0 saturated carbocycles. The van der Waals surface area contributed by atoms with Crippen molar-refractivity contribution in [3.63, 3.8) is 0 Å². The first kappa shape index (κ1) is 17.1. The predicted octanol–water partition coefficient (Wildman–Crippen LogP) is 4.63. The fraction of sp³-hybridized carbons (Fsp3) is 0.350. The SMILES string of the molecule is Cc1cc(C)c(NC(=O)[C@H](C)Oc2cc(C)ccc2C)c(C)c1. The van der Waals surface area contributed by atoms with Crippen LogP contribution in [-0.2, 0) is 4.79 Å². The third-order valence-corrected chi connectivity index (χ3v) is 3.94. The van der Waals surface area contributed by atoms with Crippen molar-refractivity contribution in [2.45, 2.75) is 47.6 Å². The maximum Gasteiger partial charge on any atom is 0.265 e. The standard InChI is InChI=1S/C20H25NO2/c1-12-7-8-14(3)18(11-12)23-17(6)20(22)21-19-15(4)9-13(2)10-16(19)5/h7-11,17H,1-6H3,(H,21,22)/t17-/m0/s1. The molecule has 3 heteroatoms. The quantitative estimate of drug-likeness (QED) is 0.893. The Morgan fingerprint density at radius 1 is 0.913 bits per heavy atom. The second-order valence-corrected chi connectivity index (χ2v) is 6.29. The first-order chi connectivity index (χ1) is 10.8. The minimum atomic E-state index is -0.560. The van der Waals surface area contributed by atoms with Gasteiger partial charge >= 0.3 is 0 Å². The molecule has 0 radical (unpaired) electrons. The Kier molecular flexibility index (Phi) is 5.09. The molecule has 0 aliphatic heterocycles. The highest BCUT2D eigenvalue weighted by Gasteiger charge is 2.17. The molecule has 0 bridgehead atoms. The average molecular weight is 311 g/mol. The average Bonchev–Trinajstić information content (AvgIpc) is 2.46. The highest BCUT2D eigenvalue weighted by Crippen LogP contribution is 2.24. The van der Waals surface area contributed by atoms with Gasteiger partial charge in [-0.1, -0.05) is 29.8 Å². The zero-order valence-electron chi connectivity index (χ0n) is 14.8. The predicted molar refractivity (Wildman–Crippen MR) is 95.3 cm³/mol. The van der Waals surface area contributed by atoms with Crippen molar-refractivity contribution in [2.24, 2.45) is 0 Å². The zero-order valence-corrected chi connectivity index (χ0v) is 14.8. The van der Waals surface area contributed by atoms with Gasteiger partial charge in [-0.3, -0.25) is 4.79 Å². The van der Waals surface area contributed by atoms with Gasteiger partial charge in [-0.2, -0.15) is 0 Å². The van der Waals surface area contributed by atoms with Crippen molar-refractivity contribution in [3.05, 3.63) is 58.1 Å². The molecule has 1 atom stereocenters. The summed E-state index contributed by atoms with van der Waals surface area (Å²) in [5.41, 5.74) is 6.33. The summed E-state index contributed by atoms with van der Waals surface area (Å²) in [4.78, 5) is 12.5. The Morgan fingerprint density at radius 3 is 2.13 bits per heavy atom. The van der Waals surface area contributed by atoms with Gasteiger partial charge in [0.15, 0.2) is 6.10 Å². The van der Waals surface area contributed by atoms with Crippen molar-refractivity contribution in [2.75, 3.05) is 5.32 Å². The summed E-state index contributed by atoms with van der Waals surface area (Å²) in [5, 5.41) is 3.00. The lowest BCUT2D eigenvalue weighted by Crippen LogP contribution is -2.31. The fourth-order valence-corrected chi connectivity index (χ4v) is 2.68. The molecule has 0 saturated heterocycles. The van der Waals surface area contributed by atoms with Gasteiger partial charge < -0.3 is 10.1 Å². The summed E-state index contributed by atoms with van der Waals surface area (Å²) >= 11 is 0. The van der Waals surface area contributed by atoms with Crippen LogP contribution in [-0.4, -0.2) is 12.0 Å². The Hall–Kier alpha value is -2.29. The lowest BCUT2D eigenvalue weighted by Gasteiger charge is -2.19. The minimum absolute atomic E-state index is 0.138. The molecular formula is C20H25NO2. The number of amides is 1. The number of benzene rings is 2. The van der Waals surface area contributed by atoms with Gasteiger partial charge in [0.05, 0.1) is 0 Å². The Bertz CT molecular complexity index is 711. The normalized spacial score (nSPS) is 11.9. The molecule has 0 spiro atoms. The van der Waals surface area contributed by atoms with E-state index < -0.39 is 6.10 Å². The summed E-state index contributed by atoms with van der Waals surface area (Å²) in [6.45, 7) is 11.8. The molecule has 1 amide bonds. The smallest absolute Gasteiger partial charge is 0.265 e. The maximum absolute atomic E-state index is 12.5. The number of carbonyl (C=O) groups is 1. The first-order valence-corrected chi connectivity index (χ1v) is 7.90. The molecule has 122 valence electrons. The molecule has 0 heterocycles. The lowest BCUT2D eigenvalue weighted by molar-refractivity contribution is -0.122. The van der Waals surface area contributed by atoms with Crippen LogP contribution in [0, 0.1) is 34.6 Å². The molecular weight excluding hydrogens is 286 g/mol. The van der Waals surface area contributed by atoms with Crippen LogP contribution in [0.4, 0.5) is 5.69 Å². The molecule has 0 fully saturated rings. The van der Waals surface area contributed by atoms with Crippen LogP contribution in [0.3, 0.4) is 0 Å². The van der Waals surface area contributed by atoms with Crippen molar-refractivity contribution in [1.82, 2.24) is 0 Å². The van der Waals surface area contributed by atoms with E-state index >= 15 is 0 Å². The summed E-state index contributed by atoms with van der Waals surface area (Å²) in [6.07, 6.45) is -0.560. The van der Waals surface area contributed by atoms with E-state index in [4.69, 9.17) is 4.74 Å². The number of aryl methyl sites for hydroxylation is 5. The van der Waals surface area contributed by atoms with E-state index in [0.29, 0.717) is 0 Å². The number of ether oxygens (including phenoxy) is 1. The summed E-state index contributed by atoms with van der Waals surface area (Å²) in [5.74, 6) is 0.617. The third kappa shape index (κ3) is 4.13. The summed E-state index contributed by atoms with van der Waals surface area (Å²) in [6, 6.07) is 10.1. The molecule has 0 aliphatic rings. The van der Waals surface area contributed by atoms with E-state index in [9.17, 15) is 4.79 Å². The van der Waals surface area contributed by atoms with Gasteiger partial charge in [-0.25, -0.2) is 0 Å². The number of anilines is 1. The maximum atomic E-state index is 12.5. The van der Waals surface area contributed by atoms with Gasteiger partial charge in [0, 0.05) is 5.69 Å². The van der Waals surface area contributed by atoms with Crippen LogP contribution in [0.2, 0.25) is 0 Å². The topological polar surface area (TPSA) is 38.3 Å². The lowest BCUT2D eigenvalue weighted by atomic mass is 10.0. The van der Waals surface area contributed by atoms with E-state index in [2.05, 4.69) is 24.4 Å². The van der Waals surface area contributed by atoms with Gasteiger partial charge in [0.25, 0.3) is 5.91 Å². The molecule has 1 N–H and O–H groups in total. The molecule has 2 rings (SSSR count). The van der Waals surface area contributed by atoms with Crippen molar-refractivity contribution in [1.29, 1.82) is 0 Å². The van der Waals surface area contributed by atoms with Crippen LogP contribution >= 0.6 is 0 Å². The third-order valence-electron chi connectivity index (χ3n) is 3.94.